The van der Waals surface area contributed by atoms with E-state index in [4.69, 9.17) is 14.7 Å². The van der Waals surface area contributed by atoms with Gasteiger partial charge in [-0.05, 0) is 24.3 Å². The van der Waals surface area contributed by atoms with E-state index in [9.17, 15) is 4.79 Å². The molecule has 1 aromatic carbocycles. The molecule has 2 rings (SSSR count). The molecule has 6 heteroatoms. The lowest BCUT2D eigenvalue weighted by atomic mass is 10.1. The van der Waals surface area contributed by atoms with E-state index in [0.29, 0.717) is 28.3 Å². The van der Waals surface area contributed by atoms with E-state index in [-0.39, 0.29) is 12.0 Å². The molecule has 0 unspecified atom stereocenters. The molecule has 0 bridgehead atoms. The molecule has 6 nitrogen and oxygen atoms in total. The van der Waals surface area contributed by atoms with Crippen molar-refractivity contribution in [2.24, 2.45) is 7.05 Å². The molecule has 0 amide bonds. The van der Waals surface area contributed by atoms with Crippen molar-refractivity contribution in [3.8, 4) is 28.8 Å². The molecular weight excluding hydrogens is 270 g/mol. The standard InChI is InChI=1S/C15H15N3O3/c1-18-15(19)10(6-7-16)8-13(17-18)12-9-11(20-2)4-5-14(12)21-3/h4-5,8-9H,6H2,1-3H3. The maximum atomic E-state index is 11.9. The van der Waals surface area contributed by atoms with Crippen LogP contribution in [0.3, 0.4) is 0 Å². The third-order valence-corrected chi connectivity index (χ3v) is 3.09. The molecule has 0 aliphatic rings. The molecule has 108 valence electrons. The molecule has 2 aromatic rings. The smallest absolute Gasteiger partial charge is 0.270 e. The summed E-state index contributed by atoms with van der Waals surface area (Å²) in [5.41, 5.74) is 1.38. The predicted octanol–water partition coefficient (Wildman–Crippen LogP) is 1.53. The maximum absolute atomic E-state index is 11.9. The van der Waals surface area contributed by atoms with Gasteiger partial charge in [0.15, 0.2) is 0 Å². The fourth-order valence-electron chi connectivity index (χ4n) is 2.03. The minimum Gasteiger partial charge on any atom is -0.497 e. The summed E-state index contributed by atoms with van der Waals surface area (Å²) in [5.74, 6) is 1.27. The molecule has 0 fully saturated rings. The zero-order chi connectivity index (χ0) is 15.4. The van der Waals surface area contributed by atoms with E-state index in [1.807, 2.05) is 6.07 Å². The van der Waals surface area contributed by atoms with Crippen molar-refractivity contribution in [1.82, 2.24) is 9.78 Å². The van der Waals surface area contributed by atoms with Crippen LogP contribution in [0.5, 0.6) is 11.5 Å². The van der Waals surface area contributed by atoms with Crippen molar-refractivity contribution in [3.05, 3.63) is 40.2 Å². The van der Waals surface area contributed by atoms with E-state index < -0.39 is 0 Å². The average molecular weight is 285 g/mol. The number of nitrogens with zero attached hydrogens (tertiary/aromatic N) is 3. The Labute approximate surface area is 122 Å². The number of hydrogen-bond donors (Lipinski definition) is 0. The summed E-state index contributed by atoms with van der Waals surface area (Å²) in [5, 5.41) is 13.0. The number of hydrogen-bond acceptors (Lipinski definition) is 5. The molecule has 0 aliphatic heterocycles. The highest BCUT2D eigenvalue weighted by Gasteiger charge is 2.13. The Balaban J connectivity index is 2.66. The lowest BCUT2D eigenvalue weighted by Crippen LogP contribution is -2.23. The van der Waals surface area contributed by atoms with Crippen molar-refractivity contribution < 1.29 is 9.47 Å². The summed E-state index contributed by atoms with van der Waals surface area (Å²) in [7, 11) is 4.68. The topological polar surface area (TPSA) is 77.1 Å². The minimum absolute atomic E-state index is 0.0362. The lowest BCUT2D eigenvalue weighted by Gasteiger charge is -2.11. The number of benzene rings is 1. The van der Waals surface area contributed by atoms with Gasteiger partial charge in [-0.25, -0.2) is 4.68 Å². The summed E-state index contributed by atoms with van der Waals surface area (Å²) >= 11 is 0. The van der Waals surface area contributed by atoms with Gasteiger partial charge in [-0.1, -0.05) is 0 Å². The van der Waals surface area contributed by atoms with Crippen LogP contribution >= 0.6 is 0 Å². The largest absolute Gasteiger partial charge is 0.497 e. The normalized spacial score (nSPS) is 10.0. The van der Waals surface area contributed by atoms with E-state index in [1.165, 1.54) is 4.68 Å². The fraction of sp³-hybridized carbons (Fsp3) is 0.267. The second-order valence-electron chi connectivity index (χ2n) is 4.38. The van der Waals surface area contributed by atoms with Crippen LogP contribution in [-0.4, -0.2) is 24.0 Å². The average Bonchev–Trinajstić information content (AvgIpc) is 2.51. The van der Waals surface area contributed by atoms with Gasteiger partial charge in [-0.2, -0.15) is 10.4 Å². The van der Waals surface area contributed by atoms with Gasteiger partial charge in [-0.3, -0.25) is 4.79 Å². The number of methoxy groups -OCH3 is 2. The van der Waals surface area contributed by atoms with Crippen LogP contribution in [0, 0.1) is 11.3 Å². The van der Waals surface area contributed by atoms with Crippen LogP contribution in [0.2, 0.25) is 0 Å². The van der Waals surface area contributed by atoms with Gasteiger partial charge in [0.25, 0.3) is 5.56 Å². The number of rotatable bonds is 4. The van der Waals surface area contributed by atoms with Crippen LogP contribution in [0.15, 0.2) is 29.1 Å². The Morgan fingerprint density at radius 3 is 2.67 bits per heavy atom. The first-order chi connectivity index (χ1) is 10.1. The second kappa shape index (κ2) is 6.09. The molecule has 1 heterocycles. The number of nitriles is 1. The summed E-state index contributed by atoms with van der Waals surface area (Å²) in [6.07, 6.45) is 0.0362. The summed E-state index contributed by atoms with van der Waals surface area (Å²) in [6.45, 7) is 0. The fourth-order valence-corrected chi connectivity index (χ4v) is 2.03. The molecule has 0 atom stereocenters. The Morgan fingerprint density at radius 1 is 1.29 bits per heavy atom. The molecule has 21 heavy (non-hydrogen) atoms. The quantitative estimate of drug-likeness (QED) is 0.851. The van der Waals surface area contributed by atoms with Gasteiger partial charge in [0.05, 0.1) is 32.4 Å². The van der Waals surface area contributed by atoms with E-state index in [1.54, 1.807) is 45.5 Å². The number of aromatic nitrogens is 2. The van der Waals surface area contributed by atoms with Gasteiger partial charge in [0, 0.05) is 18.2 Å². The zero-order valence-electron chi connectivity index (χ0n) is 12.1. The van der Waals surface area contributed by atoms with Crippen molar-refractivity contribution in [2.75, 3.05) is 14.2 Å². The monoisotopic (exact) mass is 285 g/mol. The molecule has 0 saturated carbocycles. The molecule has 0 aliphatic carbocycles. The van der Waals surface area contributed by atoms with Crippen LogP contribution < -0.4 is 15.0 Å². The van der Waals surface area contributed by atoms with Gasteiger partial charge in [-0.15, -0.1) is 0 Å². The highest BCUT2D eigenvalue weighted by molar-refractivity contribution is 5.69. The zero-order valence-corrected chi connectivity index (χ0v) is 12.1. The van der Waals surface area contributed by atoms with E-state index in [2.05, 4.69) is 5.10 Å². The third kappa shape index (κ3) is 2.87. The molecular formula is C15H15N3O3. The Bertz CT molecular complexity index is 760. The second-order valence-corrected chi connectivity index (χ2v) is 4.38. The molecule has 0 saturated heterocycles. The summed E-state index contributed by atoms with van der Waals surface area (Å²) in [6, 6.07) is 8.93. The lowest BCUT2D eigenvalue weighted by molar-refractivity contribution is 0.404. The van der Waals surface area contributed by atoms with Crippen LogP contribution in [0.25, 0.3) is 11.3 Å². The van der Waals surface area contributed by atoms with Crippen molar-refractivity contribution >= 4 is 0 Å². The maximum Gasteiger partial charge on any atom is 0.270 e. The molecule has 0 radical (unpaired) electrons. The van der Waals surface area contributed by atoms with Crippen LogP contribution in [0.4, 0.5) is 0 Å². The minimum atomic E-state index is -0.276. The first-order valence-electron chi connectivity index (χ1n) is 6.27. The van der Waals surface area contributed by atoms with Crippen molar-refractivity contribution in [2.45, 2.75) is 6.42 Å². The van der Waals surface area contributed by atoms with Gasteiger partial charge < -0.3 is 9.47 Å². The first kappa shape index (κ1) is 14.6. The summed E-state index contributed by atoms with van der Waals surface area (Å²) in [4.78, 5) is 11.9. The first-order valence-corrected chi connectivity index (χ1v) is 6.27. The van der Waals surface area contributed by atoms with Gasteiger partial charge in [0.1, 0.15) is 11.5 Å². The highest BCUT2D eigenvalue weighted by atomic mass is 16.5. The van der Waals surface area contributed by atoms with Gasteiger partial charge >= 0.3 is 0 Å². The predicted molar refractivity (Wildman–Crippen MR) is 77.3 cm³/mol. The SMILES string of the molecule is COc1ccc(OC)c(-c2cc(CC#N)c(=O)n(C)n2)c1. The van der Waals surface area contributed by atoms with Crippen molar-refractivity contribution in [1.29, 1.82) is 5.26 Å². The Kier molecular flexibility index (Phi) is 4.24. The van der Waals surface area contributed by atoms with Crippen molar-refractivity contribution in [3.63, 3.8) is 0 Å². The molecule has 0 N–H and O–H groups in total. The number of aryl methyl sites for hydroxylation is 1. The highest BCUT2D eigenvalue weighted by Crippen LogP contribution is 2.32. The van der Waals surface area contributed by atoms with Gasteiger partial charge in [0.2, 0.25) is 0 Å². The number of ether oxygens (including phenoxy) is 2. The Morgan fingerprint density at radius 2 is 2.05 bits per heavy atom. The summed E-state index contributed by atoms with van der Waals surface area (Å²) < 4.78 is 11.7. The molecule has 1 aromatic heterocycles. The van der Waals surface area contributed by atoms with E-state index >= 15 is 0 Å². The van der Waals surface area contributed by atoms with Crippen LogP contribution in [-0.2, 0) is 13.5 Å². The Hall–Kier alpha value is -2.81. The molecule has 0 spiro atoms. The van der Waals surface area contributed by atoms with Crippen LogP contribution in [0.1, 0.15) is 5.56 Å². The third-order valence-electron chi connectivity index (χ3n) is 3.09. The van der Waals surface area contributed by atoms with E-state index in [0.717, 1.165) is 0 Å².